The molecule has 1 heterocycles. The Balaban J connectivity index is 2.42. The van der Waals surface area contributed by atoms with Crippen molar-refractivity contribution in [3.8, 4) is 0 Å². The summed E-state index contributed by atoms with van der Waals surface area (Å²) in [6.07, 6.45) is 1.38. The van der Waals surface area contributed by atoms with Gasteiger partial charge in [0.05, 0.1) is 19.6 Å². The molecule has 0 N–H and O–H groups in total. The zero-order chi connectivity index (χ0) is 10.9. The van der Waals surface area contributed by atoms with Crippen molar-refractivity contribution in [1.82, 2.24) is 4.90 Å². The fraction of sp³-hybridized carbons (Fsp3) is 0.727. The molecule has 0 aliphatic carbocycles. The summed E-state index contributed by atoms with van der Waals surface area (Å²) in [4.78, 5) is 13.0. The van der Waals surface area contributed by atoms with Gasteiger partial charge in [-0.2, -0.15) is 0 Å². The largest absolute Gasteiger partial charge is 0.336 e. The summed E-state index contributed by atoms with van der Waals surface area (Å²) >= 11 is 0. The Labute approximate surface area is 86.6 Å². The first-order chi connectivity index (χ1) is 6.41. The van der Waals surface area contributed by atoms with Crippen molar-refractivity contribution < 1.29 is 9.28 Å². The summed E-state index contributed by atoms with van der Waals surface area (Å²) in [6.45, 7) is 9.98. The summed E-state index contributed by atoms with van der Waals surface area (Å²) in [5.74, 6) is 0.0206. The first kappa shape index (κ1) is 11.2. The lowest BCUT2D eigenvalue weighted by Crippen LogP contribution is -2.37. The van der Waals surface area contributed by atoms with Gasteiger partial charge < -0.3 is 9.38 Å². The maximum absolute atomic E-state index is 11.3. The van der Waals surface area contributed by atoms with Crippen LogP contribution in [0.1, 0.15) is 13.8 Å². The SMILES string of the molecule is C=CC(=O)N(C)CC1C[N+]1(C)C(C)C. The van der Waals surface area contributed by atoms with Crippen LogP contribution < -0.4 is 0 Å². The van der Waals surface area contributed by atoms with E-state index in [2.05, 4.69) is 27.5 Å². The highest BCUT2D eigenvalue weighted by molar-refractivity contribution is 5.86. The molecule has 0 radical (unpaired) electrons. The smallest absolute Gasteiger partial charge is 0.245 e. The van der Waals surface area contributed by atoms with E-state index >= 15 is 0 Å². The minimum atomic E-state index is 0.0206. The number of carbonyl (C=O) groups is 1. The van der Waals surface area contributed by atoms with Crippen LogP contribution in [0.4, 0.5) is 0 Å². The summed E-state index contributed by atoms with van der Waals surface area (Å²) in [5.41, 5.74) is 0. The Hall–Kier alpha value is -0.830. The molecule has 1 saturated heterocycles. The van der Waals surface area contributed by atoms with Gasteiger partial charge in [0.25, 0.3) is 0 Å². The van der Waals surface area contributed by atoms with E-state index in [0.717, 1.165) is 11.0 Å². The second-order valence-corrected chi connectivity index (χ2v) is 4.70. The van der Waals surface area contributed by atoms with E-state index in [1.165, 1.54) is 12.6 Å². The average Bonchev–Trinajstić information content (AvgIpc) is 2.77. The molecule has 0 saturated carbocycles. The van der Waals surface area contributed by atoms with Crippen molar-refractivity contribution in [3.63, 3.8) is 0 Å². The van der Waals surface area contributed by atoms with Crippen LogP contribution in [0, 0.1) is 0 Å². The quantitative estimate of drug-likeness (QED) is 0.372. The molecule has 2 atom stereocenters. The lowest BCUT2D eigenvalue weighted by Gasteiger charge is -2.21. The van der Waals surface area contributed by atoms with Crippen molar-refractivity contribution in [3.05, 3.63) is 12.7 Å². The standard InChI is InChI=1S/C11H21N2O/c1-6-11(14)12(4)7-10-8-13(10,5)9(2)3/h6,9-10H,1,7-8H2,2-5H3/q+1. The molecule has 0 aromatic heterocycles. The van der Waals surface area contributed by atoms with E-state index in [-0.39, 0.29) is 5.91 Å². The fourth-order valence-electron chi connectivity index (χ4n) is 1.85. The predicted molar refractivity (Wildman–Crippen MR) is 57.8 cm³/mol. The van der Waals surface area contributed by atoms with E-state index in [1.54, 1.807) is 4.90 Å². The fourth-order valence-corrected chi connectivity index (χ4v) is 1.85. The molecule has 14 heavy (non-hydrogen) atoms. The van der Waals surface area contributed by atoms with Crippen LogP contribution in [0.25, 0.3) is 0 Å². The molecule has 3 heteroatoms. The molecule has 1 amide bonds. The first-order valence-corrected chi connectivity index (χ1v) is 5.14. The molecule has 0 aromatic rings. The average molecular weight is 197 g/mol. The molecule has 0 spiro atoms. The minimum absolute atomic E-state index is 0.0206. The van der Waals surface area contributed by atoms with Crippen LogP contribution in [-0.2, 0) is 4.79 Å². The monoisotopic (exact) mass is 197 g/mol. The van der Waals surface area contributed by atoms with Crippen molar-refractivity contribution in [2.75, 3.05) is 27.2 Å². The number of hydrogen-bond acceptors (Lipinski definition) is 1. The number of amides is 1. The number of quaternary nitrogens is 1. The number of nitrogens with zero attached hydrogens (tertiary/aromatic N) is 2. The number of hydrogen-bond donors (Lipinski definition) is 0. The summed E-state index contributed by atoms with van der Waals surface area (Å²) in [6, 6.07) is 1.26. The lowest BCUT2D eigenvalue weighted by atomic mass is 10.3. The Morgan fingerprint density at radius 3 is 2.64 bits per heavy atom. The lowest BCUT2D eigenvalue weighted by molar-refractivity contribution is -0.815. The van der Waals surface area contributed by atoms with Crippen molar-refractivity contribution in [1.29, 1.82) is 0 Å². The molecular formula is C11H21N2O+. The maximum atomic E-state index is 11.3. The highest BCUT2D eigenvalue weighted by Crippen LogP contribution is 2.31. The van der Waals surface area contributed by atoms with E-state index < -0.39 is 0 Å². The Morgan fingerprint density at radius 1 is 1.71 bits per heavy atom. The van der Waals surface area contributed by atoms with Crippen LogP contribution in [0.2, 0.25) is 0 Å². The van der Waals surface area contributed by atoms with Gasteiger partial charge in [-0.05, 0) is 19.9 Å². The minimum Gasteiger partial charge on any atom is -0.336 e. The van der Waals surface area contributed by atoms with Crippen LogP contribution in [-0.4, -0.2) is 54.6 Å². The Bertz CT molecular complexity index is 250. The highest BCUT2D eigenvalue weighted by atomic mass is 16.2. The molecular weight excluding hydrogens is 176 g/mol. The van der Waals surface area contributed by atoms with Gasteiger partial charge >= 0.3 is 0 Å². The number of carbonyl (C=O) groups excluding carboxylic acids is 1. The number of rotatable bonds is 4. The van der Waals surface area contributed by atoms with Gasteiger partial charge in [0, 0.05) is 7.05 Å². The zero-order valence-corrected chi connectivity index (χ0v) is 9.66. The number of likely N-dealkylation sites (N-methyl/N-ethyl adjacent to an activating group) is 2. The Morgan fingerprint density at radius 2 is 2.29 bits per heavy atom. The summed E-state index contributed by atoms with van der Waals surface area (Å²) in [7, 11) is 4.09. The van der Waals surface area contributed by atoms with Crippen LogP contribution in [0.3, 0.4) is 0 Å². The normalized spacial score (nSPS) is 30.2. The molecule has 1 aliphatic heterocycles. The maximum Gasteiger partial charge on any atom is 0.245 e. The van der Waals surface area contributed by atoms with Gasteiger partial charge in [-0.3, -0.25) is 4.79 Å². The van der Waals surface area contributed by atoms with Crippen molar-refractivity contribution in [2.24, 2.45) is 0 Å². The highest BCUT2D eigenvalue weighted by Gasteiger charge is 2.53. The topological polar surface area (TPSA) is 20.3 Å². The van der Waals surface area contributed by atoms with E-state index in [9.17, 15) is 4.79 Å². The zero-order valence-electron chi connectivity index (χ0n) is 9.66. The van der Waals surface area contributed by atoms with Gasteiger partial charge in [0.15, 0.2) is 6.04 Å². The van der Waals surface area contributed by atoms with Crippen molar-refractivity contribution in [2.45, 2.75) is 25.9 Å². The molecule has 0 aromatic carbocycles. The van der Waals surface area contributed by atoms with Crippen LogP contribution in [0.5, 0.6) is 0 Å². The third kappa shape index (κ3) is 1.98. The molecule has 3 nitrogen and oxygen atoms in total. The first-order valence-electron chi connectivity index (χ1n) is 5.14. The van der Waals surface area contributed by atoms with Gasteiger partial charge in [0.1, 0.15) is 6.54 Å². The second-order valence-electron chi connectivity index (χ2n) is 4.70. The van der Waals surface area contributed by atoms with Gasteiger partial charge in [-0.25, -0.2) is 0 Å². The van der Waals surface area contributed by atoms with Crippen LogP contribution in [0.15, 0.2) is 12.7 Å². The molecule has 80 valence electrons. The third-order valence-electron chi connectivity index (χ3n) is 3.52. The predicted octanol–water partition coefficient (Wildman–Crippen LogP) is 0.868. The second kappa shape index (κ2) is 3.73. The van der Waals surface area contributed by atoms with E-state index in [0.29, 0.717) is 12.1 Å². The molecule has 1 rings (SSSR count). The van der Waals surface area contributed by atoms with E-state index in [4.69, 9.17) is 0 Å². The Kier molecular flexibility index (Phi) is 3.00. The molecule has 2 unspecified atom stereocenters. The van der Waals surface area contributed by atoms with Gasteiger partial charge in [-0.15, -0.1) is 0 Å². The van der Waals surface area contributed by atoms with Gasteiger partial charge in [-0.1, -0.05) is 6.58 Å². The molecule has 0 bridgehead atoms. The van der Waals surface area contributed by atoms with E-state index in [1.807, 2.05) is 7.05 Å². The van der Waals surface area contributed by atoms with Crippen LogP contribution >= 0.6 is 0 Å². The van der Waals surface area contributed by atoms with Gasteiger partial charge in [0.2, 0.25) is 5.91 Å². The summed E-state index contributed by atoms with van der Waals surface area (Å²) in [5, 5.41) is 0. The van der Waals surface area contributed by atoms with Crippen molar-refractivity contribution >= 4 is 5.91 Å². The third-order valence-corrected chi connectivity index (χ3v) is 3.52. The molecule has 1 aliphatic rings. The molecule has 1 fully saturated rings. The summed E-state index contributed by atoms with van der Waals surface area (Å²) < 4.78 is 1.09.